The van der Waals surface area contributed by atoms with Gasteiger partial charge in [-0.1, -0.05) is 13.8 Å². The molecule has 0 radical (unpaired) electrons. The van der Waals surface area contributed by atoms with E-state index in [0.717, 1.165) is 19.6 Å². The van der Waals surface area contributed by atoms with Gasteiger partial charge in [0.05, 0.1) is 12.2 Å². The first kappa shape index (κ1) is 8.75. The number of hydrogen-bond donors (Lipinski definition) is 1. The van der Waals surface area contributed by atoms with Gasteiger partial charge in [-0.15, -0.1) is 0 Å². The Morgan fingerprint density at radius 2 is 2.54 bits per heavy atom. The highest BCUT2D eigenvalue weighted by atomic mass is 15.1. The van der Waals surface area contributed by atoms with Gasteiger partial charge in [-0.25, -0.2) is 4.98 Å². The number of aromatic nitrogens is 2. The van der Waals surface area contributed by atoms with Gasteiger partial charge in [0.15, 0.2) is 0 Å². The van der Waals surface area contributed by atoms with Crippen LogP contribution >= 0.6 is 0 Å². The lowest BCUT2D eigenvalue weighted by molar-refractivity contribution is 0.505. The molecule has 0 fully saturated rings. The van der Waals surface area contributed by atoms with Crippen LogP contribution in [-0.2, 0) is 13.1 Å². The Morgan fingerprint density at radius 3 is 3.23 bits per heavy atom. The molecule has 0 saturated carbocycles. The molecule has 0 spiro atoms. The molecule has 0 amide bonds. The fourth-order valence-corrected chi connectivity index (χ4v) is 1.66. The molecule has 13 heavy (non-hydrogen) atoms. The van der Waals surface area contributed by atoms with Gasteiger partial charge in [0.2, 0.25) is 0 Å². The number of fused-ring (bicyclic) bond motifs is 1. The number of imidazole rings is 1. The molecule has 0 aromatic carbocycles. The van der Waals surface area contributed by atoms with Gasteiger partial charge >= 0.3 is 0 Å². The van der Waals surface area contributed by atoms with E-state index in [1.54, 1.807) is 0 Å². The van der Waals surface area contributed by atoms with Crippen molar-refractivity contribution < 1.29 is 0 Å². The lowest BCUT2D eigenvalue weighted by Crippen LogP contribution is -2.27. The molecule has 3 heteroatoms. The van der Waals surface area contributed by atoms with Crippen molar-refractivity contribution in [1.82, 2.24) is 14.9 Å². The highest BCUT2D eigenvalue weighted by Gasteiger charge is 2.14. The van der Waals surface area contributed by atoms with E-state index in [9.17, 15) is 0 Å². The zero-order valence-corrected chi connectivity index (χ0v) is 8.38. The zero-order valence-electron chi connectivity index (χ0n) is 8.38. The molecule has 2 heterocycles. The van der Waals surface area contributed by atoms with Crippen molar-refractivity contribution in [3.63, 3.8) is 0 Å². The molecule has 0 aliphatic carbocycles. The van der Waals surface area contributed by atoms with E-state index in [1.807, 2.05) is 0 Å². The fraction of sp³-hybridized carbons (Fsp3) is 0.700. The number of nitrogens with zero attached hydrogens (tertiary/aromatic N) is 2. The average molecular weight is 179 g/mol. The van der Waals surface area contributed by atoms with Crippen LogP contribution in [0, 0.1) is 0 Å². The summed E-state index contributed by atoms with van der Waals surface area (Å²) in [7, 11) is 0. The van der Waals surface area contributed by atoms with Gasteiger partial charge in [0, 0.05) is 19.3 Å². The van der Waals surface area contributed by atoms with Crippen LogP contribution in [0.25, 0.3) is 0 Å². The van der Waals surface area contributed by atoms with Gasteiger partial charge in [-0.2, -0.15) is 0 Å². The molecule has 3 nitrogen and oxygen atoms in total. The average Bonchev–Trinajstić information content (AvgIpc) is 2.59. The second-order valence-electron chi connectivity index (χ2n) is 3.76. The molecule has 72 valence electrons. The van der Waals surface area contributed by atoms with Crippen LogP contribution in [0.1, 0.15) is 37.7 Å². The number of hydrogen-bond acceptors (Lipinski definition) is 2. The van der Waals surface area contributed by atoms with Crippen molar-refractivity contribution in [3.05, 3.63) is 17.7 Å². The molecule has 1 atom stereocenters. The van der Waals surface area contributed by atoms with Crippen LogP contribution in [-0.4, -0.2) is 16.1 Å². The quantitative estimate of drug-likeness (QED) is 0.745. The summed E-state index contributed by atoms with van der Waals surface area (Å²) < 4.78 is 2.28. The Hall–Kier alpha value is -0.830. The molecule has 1 N–H and O–H groups in total. The molecule has 0 bridgehead atoms. The van der Waals surface area contributed by atoms with Gasteiger partial charge in [0.25, 0.3) is 0 Å². The minimum Gasteiger partial charge on any atom is -0.332 e. The minimum atomic E-state index is 0.595. The summed E-state index contributed by atoms with van der Waals surface area (Å²) in [5.74, 6) is 1.79. The summed E-state index contributed by atoms with van der Waals surface area (Å²) in [4.78, 5) is 4.62. The predicted molar refractivity (Wildman–Crippen MR) is 52.6 cm³/mol. The van der Waals surface area contributed by atoms with Gasteiger partial charge in [-0.3, -0.25) is 0 Å². The molecule has 2 rings (SSSR count). The van der Waals surface area contributed by atoms with Gasteiger partial charge < -0.3 is 9.88 Å². The highest BCUT2D eigenvalue weighted by Crippen LogP contribution is 2.18. The maximum atomic E-state index is 4.62. The van der Waals surface area contributed by atoms with Crippen molar-refractivity contribution in [1.29, 1.82) is 0 Å². The molecule has 1 aliphatic heterocycles. The second kappa shape index (κ2) is 3.50. The van der Waals surface area contributed by atoms with Crippen molar-refractivity contribution in [3.8, 4) is 0 Å². The maximum absolute atomic E-state index is 4.62. The van der Waals surface area contributed by atoms with Gasteiger partial charge in [0.1, 0.15) is 5.82 Å². The summed E-state index contributed by atoms with van der Waals surface area (Å²) in [6.07, 6.45) is 3.38. The molecule has 1 aromatic heterocycles. The topological polar surface area (TPSA) is 29.9 Å². The van der Waals surface area contributed by atoms with E-state index in [1.165, 1.54) is 17.9 Å². The predicted octanol–water partition coefficient (Wildman–Crippen LogP) is 1.50. The van der Waals surface area contributed by atoms with E-state index >= 15 is 0 Å². The normalized spacial score (nSPS) is 18.3. The Morgan fingerprint density at radius 1 is 1.69 bits per heavy atom. The molecule has 1 aliphatic rings. The Bertz CT molecular complexity index is 267. The first-order valence-electron chi connectivity index (χ1n) is 5.08. The van der Waals surface area contributed by atoms with Crippen LogP contribution in [0.3, 0.4) is 0 Å². The van der Waals surface area contributed by atoms with Crippen molar-refractivity contribution in [2.45, 2.75) is 39.3 Å². The smallest absolute Gasteiger partial charge is 0.123 e. The number of nitrogens with one attached hydrogen (secondary N) is 1. The van der Waals surface area contributed by atoms with E-state index in [-0.39, 0.29) is 0 Å². The molecule has 0 saturated heterocycles. The van der Waals surface area contributed by atoms with Crippen molar-refractivity contribution >= 4 is 0 Å². The van der Waals surface area contributed by atoms with Crippen LogP contribution in [0.5, 0.6) is 0 Å². The Labute approximate surface area is 79.2 Å². The first-order chi connectivity index (χ1) is 6.31. The minimum absolute atomic E-state index is 0.595. The molecular weight excluding hydrogens is 162 g/mol. The second-order valence-corrected chi connectivity index (χ2v) is 3.76. The van der Waals surface area contributed by atoms with E-state index < -0.39 is 0 Å². The Balaban J connectivity index is 2.25. The monoisotopic (exact) mass is 179 g/mol. The van der Waals surface area contributed by atoms with Crippen molar-refractivity contribution in [2.75, 3.05) is 6.54 Å². The fourth-order valence-electron chi connectivity index (χ4n) is 1.66. The highest BCUT2D eigenvalue weighted by molar-refractivity contribution is 5.09. The maximum Gasteiger partial charge on any atom is 0.123 e. The summed E-state index contributed by atoms with van der Waals surface area (Å²) >= 11 is 0. The van der Waals surface area contributed by atoms with Crippen LogP contribution in [0.4, 0.5) is 0 Å². The standard InChI is InChI=1S/C10H17N3/c1-3-8(2)9-7-13-5-4-11-6-10(13)12-9/h7-8,11H,3-6H2,1-2H3. The van der Waals surface area contributed by atoms with Crippen LogP contribution < -0.4 is 5.32 Å². The third kappa shape index (κ3) is 1.61. The lowest BCUT2D eigenvalue weighted by atomic mass is 10.1. The van der Waals surface area contributed by atoms with E-state index in [0.29, 0.717) is 5.92 Å². The van der Waals surface area contributed by atoms with E-state index in [2.05, 4.69) is 34.9 Å². The molecule has 1 aromatic rings. The van der Waals surface area contributed by atoms with Crippen molar-refractivity contribution in [2.24, 2.45) is 0 Å². The summed E-state index contributed by atoms with van der Waals surface area (Å²) in [5.41, 5.74) is 1.25. The zero-order chi connectivity index (χ0) is 9.26. The van der Waals surface area contributed by atoms with E-state index in [4.69, 9.17) is 0 Å². The third-order valence-electron chi connectivity index (χ3n) is 2.81. The van der Waals surface area contributed by atoms with Gasteiger partial charge in [-0.05, 0) is 12.3 Å². The Kier molecular flexibility index (Phi) is 2.36. The number of rotatable bonds is 2. The summed E-state index contributed by atoms with van der Waals surface area (Å²) in [5, 5.41) is 3.33. The van der Waals surface area contributed by atoms with Crippen LogP contribution in [0.2, 0.25) is 0 Å². The lowest BCUT2D eigenvalue weighted by Gasteiger charge is -2.13. The summed E-state index contributed by atoms with van der Waals surface area (Å²) in [6, 6.07) is 0. The third-order valence-corrected chi connectivity index (χ3v) is 2.81. The molecular formula is C10H17N3. The molecule has 1 unspecified atom stereocenters. The van der Waals surface area contributed by atoms with Crippen LogP contribution in [0.15, 0.2) is 6.20 Å². The first-order valence-corrected chi connectivity index (χ1v) is 5.08. The SMILES string of the molecule is CCC(C)c1cn2c(n1)CNCC2. The largest absolute Gasteiger partial charge is 0.332 e. The summed E-state index contributed by atoms with van der Waals surface area (Å²) in [6.45, 7) is 7.52.